The van der Waals surface area contributed by atoms with Crippen molar-refractivity contribution < 1.29 is 26.3 Å². The third-order valence-electron chi connectivity index (χ3n) is 5.52. The molecule has 190 valence electrons. The molecule has 3 N–H and O–H groups in total. The SMILES string of the molecule is CC(Oc1cc(-c2nn(C(C)C)c3ccnc(N)c23)ccc1NS(=O)(=O)C(F)F)c1ccc(F)cc1. The number of alkyl halides is 2. The Morgan fingerprint density at radius 3 is 2.39 bits per heavy atom. The second-order valence-electron chi connectivity index (χ2n) is 8.41. The summed E-state index contributed by atoms with van der Waals surface area (Å²) in [5.74, 6) is -3.85. The number of nitrogens with one attached hydrogen (secondary N) is 1. The van der Waals surface area contributed by atoms with Crippen LogP contribution in [0.2, 0.25) is 0 Å². The van der Waals surface area contributed by atoms with Crippen molar-refractivity contribution in [2.24, 2.45) is 0 Å². The molecule has 4 rings (SSSR count). The smallest absolute Gasteiger partial charge is 0.355 e. The van der Waals surface area contributed by atoms with Crippen LogP contribution in [-0.4, -0.2) is 28.9 Å². The minimum atomic E-state index is -4.97. The number of ether oxygens (including phenoxy) is 1. The number of benzene rings is 2. The van der Waals surface area contributed by atoms with Gasteiger partial charge in [0.25, 0.3) is 10.0 Å². The fourth-order valence-corrected chi connectivity index (χ4v) is 4.31. The van der Waals surface area contributed by atoms with E-state index in [2.05, 4.69) is 10.1 Å². The summed E-state index contributed by atoms with van der Waals surface area (Å²) in [4.78, 5) is 4.16. The lowest BCUT2D eigenvalue weighted by Crippen LogP contribution is -2.21. The largest absolute Gasteiger partial charge is 0.484 e. The number of fused-ring (bicyclic) bond motifs is 1. The molecule has 0 aliphatic rings. The van der Waals surface area contributed by atoms with Gasteiger partial charge in [-0.1, -0.05) is 18.2 Å². The van der Waals surface area contributed by atoms with Crippen LogP contribution in [0.1, 0.15) is 38.5 Å². The summed E-state index contributed by atoms with van der Waals surface area (Å²) in [5.41, 5.74) is 8.27. The van der Waals surface area contributed by atoms with Crippen LogP contribution in [0.25, 0.3) is 22.2 Å². The van der Waals surface area contributed by atoms with E-state index >= 15 is 0 Å². The molecule has 0 saturated heterocycles. The summed E-state index contributed by atoms with van der Waals surface area (Å²) in [5, 5.41) is 5.27. The third kappa shape index (κ3) is 4.94. The standard InChI is InChI=1S/C24H24F3N5O3S/c1-13(2)32-19-10-11-29-23(28)21(19)22(30-32)16-6-9-18(31-36(33,34)24(26)27)20(12-16)35-14(3)15-4-7-17(25)8-5-15/h4-14,24,31H,1-3H3,(H2,28,29). The highest BCUT2D eigenvalue weighted by Gasteiger charge is 2.26. The highest BCUT2D eigenvalue weighted by Crippen LogP contribution is 2.38. The third-order valence-corrected chi connectivity index (χ3v) is 6.50. The van der Waals surface area contributed by atoms with Gasteiger partial charge < -0.3 is 10.5 Å². The van der Waals surface area contributed by atoms with Gasteiger partial charge in [-0.15, -0.1) is 0 Å². The fourth-order valence-electron chi connectivity index (χ4n) is 3.75. The molecule has 0 fully saturated rings. The Bertz CT molecular complexity index is 1510. The molecule has 0 radical (unpaired) electrons. The second-order valence-corrected chi connectivity index (χ2v) is 10.1. The van der Waals surface area contributed by atoms with Crippen molar-refractivity contribution in [3.8, 4) is 17.0 Å². The molecule has 4 aromatic rings. The Balaban J connectivity index is 1.84. The maximum atomic E-state index is 13.3. The van der Waals surface area contributed by atoms with E-state index in [-0.39, 0.29) is 23.3 Å². The number of hydrogen-bond acceptors (Lipinski definition) is 6. The molecule has 2 aromatic carbocycles. The molecule has 0 aliphatic carbocycles. The molecule has 2 heterocycles. The number of nitrogen functional groups attached to an aromatic ring is 1. The normalized spacial score (nSPS) is 12.9. The van der Waals surface area contributed by atoms with Crippen molar-refractivity contribution >= 4 is 32.4 Å². The van der Waals surface area contributed by atoms with Crippen LogP contribution < -0.4 is 15.2 Å². The van der Waals surface area contributed by atoms with Crippen LogP contribution in [0.4, 0.5) is 24.7 Å². The van der Waals surface area contributed by atoms with Gasteiger partial charge in [0, 0.05) is 17.8 Å². The van der Waals surface area contributed by atoms with Crippen molar-refractivity contribution in [2.45, 2.75) is 38.7 Å². The van der Waals surface area contributed by atoms with E-state index in [1.165, 1.54) is 42.5 Å². The lowest BCUT2D eigenvalue weighted by molar-refractivity contribution is 0.228. The molecule has 0 aliphatic heterocycles. The van der Waals surface area contributed by atoms with E-state index in [9.17, 15) is 21.6 Å². The van der Waals surface area contributed by atoms with Gasteiger partial charge in [-0.2, -0.15) is 13.9 Å². The Labute approximate surface area is 206 Å². The Morgan fingerprint density at radius 1 is 1.06 bits per heavy atom. The van der Waals surface area contributed by atoms with Crippen molar-refractivity contribution in [3.05, 3.63) is 66.1 Å². The Kier molecular flexibility index (Phi) is 6.81. The molecule has 2 aromatic heterocycles. The van der Waals surface area contributed by atoms with E-state index in [4.69, 9.17) is 10.5 Å². The topological polar surface area (TPSA) is 112 Å². The average molecular weight is 520 g/mol. The number of nitrogens with two attached hydrogens (primary N) is 1. The number of nitrogens with zero attached hydrogens (tertiary/aromatic N) is 3. The zero-order chi connectivity index (χ0) is 26.2. The summed E-state index contributed by atoms with van der Waals surface area (Å²) < 4.78 is 72.9. The minimum absolute atomic E-state index is 0.00519. The van der Waals surface area contributed by atoms with Crippen molar-refractivity contribution in [3.63, 3.8) is 0 Å². The molecule has 0 saturated carbocycles. The van der Waals surface area contributed by atoms with Crippen molar-refractivity contribution in [1.82, 2.24) is 14.8 Å². The van der Waals surface area contributed by atoms with E-state index in [0.29, 0.717) is 22.2 Å². The highest BCUT2D eigenvalue weighted by molar-refractivity contribution is 7.93. The first-order chi connectivity index (χ1) is 17.0. The van der Waals surface area contributed by atoms with Gasteiger partial charge in [0.2, 0.25) is 0 Å². The maximum Gasteiger partial charge on any atom is 0.355 e. The van der Waals surface area contributed by atoms with Gasteiger partial charge in [0.15, 0.2) is 0 Å². The number of pyridine rings is 1. The number of aromatic nitrogens is 3. The lowest BCUT2D eigenvalue weighted by Gasteiger charge is -2.19. The molecule has 36 heavy (non-hydrogen) atoms. The van der Waals surface area contributed by atoms with Crippen LogP contribution in [0.3, 0.4) is 0 Å². The summed E-state index contributed by atoms with van der Waals surface area (Å²) in [6.07, 6.45) is 0.899. The molecule has 12 heteroatoms. The summed E-state index contributed by atoms with van der Waals surface area (Å²) in [6.45, 7) is 5.57. The van der Waals surface area contributed by atoms with Gasteiger partial charge >= 0.3 is 5.76 Å². The molecule has 1 unspecified atom stereocenters. The highest BCUT2D eigenvalue weighted by atomic mass is 32.2. The number of halogens is 3. The van der Waals surface area contributed by atoms with E-state index in [1.807, 2.05) is 18.6 Å². The predicted octanol–water partition coefficient (Wildman–Crippen LogP) is 5.50. The zero-order valence-electron chi connectivity index (χ0n) is 19.6. The van der Waals surface area contributed by atoms with Gasteiger partial charge in [0.05, 0.1) is 16.6 Å². The van der Waals surface area contributed by atoms with Crippen molar-refractivity contribution in [2.75, 3.05) is 10.5 Å². The molecule has 1 atom stereocenters. The van der Waals surface area contributed by atoms with Gasteiger partial charge in [-0.05, 0) is 56.7 Å². The fraction of sp³-hybridized carbons (Fsp3) is 0.250. The van der Waals surface area contributed by atoms with Gasteiger partial charge in [-0.25, -0.2) is 17.8 Å². The molecule has 8 nitrogen and oxygen atoms in total. The van der Waals surface area contributed by atoms with Gasteiger partial charge in [-0.3, -0.25) is 9.40 Å². The first-order valence-corrected chi connectivity index (χ1v) is 12.5. The summed E-state index contributed by atoms with van der Waals surface area (Å²) >= 11 is 0. The molecule has 0 bridgehead atoms. The lowest BCUT2D eigenvalue weighted by atomic mass is 10.1. The van der Waals surface area contributed by atoms with Crippen LogP contribution >= 0.6 is 0 Å². The van der Waals surface area contributed by atoms with Crippen LogP contribution in [0.5, 0.6) is 5.75 Å². The van der Waals surface area contributed by atoms with E-state index in [1.54, 1.807) is 23.9 Å². The molecule has 0 amide bonds. The maximum absolute atomic E-state index is 13.3. The quantitative estimate of drug-likeness (QED) is 0.318. The summed E-state index contributed by atoms with van der Waals surface area (Å²) in [6, 6.07) is 11.6. The molecular formula is C24H24F3N5O3S. The first kappa shape index (κ1) is 25.3. The average Bonchev–Trinajstić information content (AvgIpc) is 3.22. The number of rotatable bonds is 8. The van der Waals surface area contributed by atoms with E-state index in [0.717, 1.165) is 5.52 Å². The predicted molar refractivity (Wildman–Crippen MR) is 132 cm³/mol. The minimum Gasteiger partial charge on any atom is -0.484 e. The Morgan fingerprint density at radius 2 is 1.75 bits per heavy atom. The number of anilines is 2. The molecular weight excluding hydrogens is 495 g/mol. The van der Waals surface area contributed by atoms with Crippen molar-refractivity contribution in [1.29, 1.82) is 0 Å². The Hall–Kier alpha value is -3.80. The second kappa shape index (κ2) is 9.69. The number of sulfonamides is 1. The van der Waals surface area contributed by atoms with Gasteiger partial charge in [0.1, 0.15) is 29.2 Å². The van der Waals surface area contributed by atoms with E-state index < -0.39 is 27.7 Å². The summed E-state index contributed by atoms with van der Waals surface area (Å²) in [7, 11) is -4.97. The van der Waals surface area contributed by atoms with Crippen LogP contribution in [0, 0.1) is 5.82 Å². The zero-order valence-corrected chi connectivity index (χ0v) is 20.4. The number of hydrogen-bond donors (Lipinski definition) is 2. The monoisotopic (exact) mass is 519 g/mol. The first-order valence-electron chi connectivity index (χ1n) is 11.0. The molecule has 0 spiro atoms. The van der Waals surface area contributed by atoms with Crippen LogP contribution in [-0.2, 0) is 10.0 Å². The van der Waals surface area contributed by atoms with Crippen LogP contribution in [0.15, 0.2) is 54.7 Å².